The van der Waals surface area contributed by atoms with Crippen LogP contribution in [0.1, 0.15) is 39.5 Å². The molecule has 3 N–H and O–H groups in total. The molecule has 0 heterocycles. The van der Waals surface area contributed by atoms with Crippen molar-refractivity contribution in [3.05, 3.63) is 24.3 Å². The van der Waals surface area contributed by atoms with Gasteiger partial charge in [-0.05, 0) is 25.5 Å². The summed E-state index contributed by atoms with van der Waals surface area (Å²) in [6.45, 7) is 4.29. The van der Waals surface area contributed by atoms with Crippen LogP contribution in [0.5, 0.6) is 5.75 Å². The number of anilines is 1. The molecule has 0 saturated carbocycles. The number of rotatable bonds is 9. The maximum absolute atomic E-state index is 10.7. The van der Waals surface area contributed by atoms with Crippen LogP contribution < -0.4 is 15.8 Å². The van der Waals surface area contributed by atoms with Crippen molar-refractivity contribution in [3.8, 4) is 5.75 Å². The van der Waals surface area contributed by atoms with Crippen LogP contribution in [0.15, 0.2) is 24.3 Å². The number of ether oxygens (including phenoxy) is 1. The Balaban J connectivity index is 2.44. The van der Waals surface area contributed by atoms with Crippen molar-refractivity contribution in [2.45, 2.75) is 45.6 Å². The lowest BCUT2D eigenvalue weighted by Gasteiger charge is -2.15. The highest BCUT2D eigenvalue weighted by Gasteiger charge is 2.03. The zero-order valence-corrected chi connectivity index (χ0v) is 11.8. The van der Waals surface area contributed by atoms with Crippen LogP contribution >= 0.6 is 0 Å². The van der Waals surface area contributed by atoms with E-state index in [2.05, 4.69) is 19.2 Å². The topological polar surface area (TPSA) is 64.3 Å². The number of carbonyl (C=O) groups excluding carboxylic acids is 1. The molecular weight excluding hydrogens is 240 g/mol. The first kappa shape index (κ1) is 15.3. The quantitative estimate of drug-likeness (QED) is 0.674. The number of primary amides is 1. The van der Waals surface area contributed by atoms with Gasteiger partial charge in [0.15, 0.2) is 6.61 Å². The summed E-state index contributed by atoms with van der Waals surface area (Å²) in [5.74, 6) is 0.191. The lowest BCUT2D eigenvalue weighted by Crippen LogP contribution is -2.20. The number of nitrogens with one attached hydrogen (secondary N) is 1. The van der Waals surface area contributed by atoms with Gasteiger partial charge in [-0.15, -0.1) is 0 Å². The van der Waals surface area contributed by atoms with E-state index in [1.807, 2.05) is 24.3 Å². The molecule has 19 heavy (non-hydrogen) atoms. The third-order valence-corrected chi connectivity index (χ3v) is 2.87. The van der Waals surface area contributed by atoms with Crippen molar-refractivity contribution >= 4 is 11.6 Å². The zero-order valence-electron chi connectivity index (χ0n) is 11.8. The fourth-order valence-corrected chi connectivity index (χ4v) is 1.89. The lowest BCUT2D eigenvalue weighted by atomic mass is 10.1. The maximum atomic E-state index is 10.7. The van der Waals surface area contributed by atoms with E-state index < -0.39 is 5.91 Å². The average Bonchev–Trinajstić information content (AvgIpc) is 2.37. The Bertz CT molecular complexity index is 393. The summed E-state index contributed by atoms with van der Waals surface area (Å²) in [4.78, 5) is 10.7. The minimum atomic E-state index is -0.466. The molecule has 0 aliphatic rings. The summed E-state index contributed by atoms with van der Waals surface area (Å²) in [5.41, 5.74) is 6.05. The molecule has 0 aromatic heterocycles. The summed E-state index contributed by atoms with van der Waals surface area (Å²) in [7, 11) is 0. The predicted molar refractivity (Wildman–Crippen MR) is 78.4 cm³/mol. The molecule has 0 bridgehead atoms. The highest BCUT2D eigenvalue weighted by molar-refractivity contribution is 5.75. The van der Waals surface area contributed by atoms with Gasteiger partial charge in [-0.3, -0.25) is 4.79 Å². The molecular formula is C15H24N2O2. The van der Waals surface area contributed by atoms with Crippen LogP contribution in [0.3, 0.4) is 0 Å². The molecule has 1 aromatic carbocycles. The third-order valence-electron chi connectivity index (χ3n) is 2.87. The summed E-state index contributed by atoms with van der Waals surface area (Å²) in [5, 5.41) is 3.43. The van der Waals surface area contributed by atoms with Crippen molar-refractivity contribution in [1.82, 2.24) is 0 Å². The Kier molecular flexibility index (Phi) is 6.79. The molecule has 4 heteroatoms. The van der Waals surface area contributed by atoms with Crippen LogP contribution in [-0.4, -0.2) is 18.6 Å². The van der Waals surface area contributed by atoms with Gasteiger partial charge in [0.2, 0.25) is 0 Å². The van der Waals surface area contributed by atoms with Crippen molar-refractivity contribution < 1.29 is 9.53 Å². The Morgan fingerprint density at radius 3 is 2.89 bits per heavy atom. The Labute approximate surface area is 115 Å². The van der Waals surface area contributed by atoms with Crippen LogP contribution in [-0.2, 0) is 4.79 Å². The van der Waals surface area contributed by atoms with E-state index >= 15 is 0 Å². The van der Waals surface area contributed by atoms with Gasteiger partial charge in [-0.1, -0.05) is 32.3 Å². The highest BCUT2D eigenvalue weighted by Crippen LogP contribution is 2.19. The monoisotopic (exact) mass is 264 g/mol. The van der Waals surface area contributed by atoms with Crippen molar-refractivity contribution in [2.75, 3.05) is 11.9 Å². The molecule has 1 unspecified atom stereocenters. The number of hydrogen-bond acceptors (Lipinski definition) is 3. The minimum absolute atomic E-state index is 0.0878. The summed E-state index contributed by atoms with van der Waals surface area (Å²) < 4.78 is 5.27. The summed E-state index contributed by atoms with van der Waals surface area (Å²) >= 11 is 0. The van der Waals surface area contributed by atoms with Crippen LogP contribution in [0.4, 0.5) is 5.69 Å². The number of hydrogen-bond donors (Lipinski definition) is 2. The number of carbonyl (C=O) groups is 1. The molecule has 106 valence electrons. The van der Waals surface area contributed by atoms with Crippen molar-refractivity contribution in [2.24, 2.45) is 5.73 Å². The van der Waals surface area contributed by atoms with Gasteiger partial charge < -0.3 is 15.8 Å². The van der Waals surface area contributed by atoms with Gasteiger partial charge in [-0.2, -0.15) is 0 Å². The first-order valence-electron chi connectivity index (χ1n) is 6.89. The van der Waals surface area contributed by atoms with Crippen LogP contribution in [0.25, 0.3) is 0 Å². The van der Waals surface area contributed by atoms with E-state index in [0.29, 0.717) is 11.8 Å². The Morgan fingerprint density at radius 1 is 1.42 bits per heavy atom. The molecule has 0 saturated heterocycles. The SMILES string of the molecule is CCCCCC(C)Nc1cccc(OCC(N)=O)c1. The van der Waals surface area contributed by atoms with Gasteiger partial charge in [0, 0.05) is 17.8 Å². The number of unbranched alkanes of at least 4 members (excludes halogenated alkanes) is 2. The second-order valence-electron chi connectivity index (χ2n) is 4.82. The lowest BCUT2D eigenvalue weighted by molar-refractivity contribution is -0.119. The standard InChI is InChI=1S/C15H24N2O2/c1-3-4-5-7-12(2)17-13-8-6-9-14(10-13)19-11-15(16)18/h6,8-10,12,17H,3-5,7,11H2,1-2H3,(H2,16,18). The minimum Gasteiger partial charge on any atom is -0.484 e. The first-order valence-corrected chi connectivity index (χ1v) is 6.89. The van der Waals surface area contributed by atoms with Crippen LogP contribution in [0, 0.1) is 0 Å². The van der Waals surface area contributed by atoms with E-state index in [0.717, 1.165) is 12.1 Å². The molecule has 4 nitrogen and oxygen atoms in total. The number of amides is 1. The fourth-order valence-electron chi connectivity index (χ4n) is 1.89. The number of benzene rings is 1. The second kappa shape index (κ2) is 8.40. The first-order chi connectivity index (χ1) is 9.11. The molecule has 1 rings (SSSR count). The third kappa shape index (κ3) is 6.70. The smallest absolute Gasteiger partial charge is 0.255 e. The van der Waals surface area contributed by atoms with Crippen molar-refractivity contribution in [3.63, 3.8) is 0 Å². The van der Waals surface area contributed by atoms with Gasteiger partial charge in [-0.25, -0.2) is 0 Å². The second-order valence-corrected chi connectivity index (χ2v) is 4.82. The molecule has 0 radical (unpaired) electrons. The summed E-state index contributed by atoms with van der Waals surface area (Å²) in [6.07, 6.45) is 4.90. The van der Waals surface area contributed by atoms with Gasteiger partial charge in [0.25, 0.3) is 5.91 Å². The van der Waals surface area contributed by atoms with Gasteiger partial charge >= 0.3 is 0 Å². The van der Waals surface area contributed by atoms with Gasteiger partial charge in [0.05, 0.1) is 0 Å². The highest BCUT2D eigenvalue weighted by atomic mass is 16.5. The van der Waals surface area contributed by atoms with E-state index in [9.17, 15) is 4.79 Å². The average molecular weight is 264 g/mol. The molecule has 0 aliphatic heterocycles. The fraction of sp³-hybridized carbons (Fsp3) is 0.533. The molecule has 0 spiro atoms. The summed E-state index contributed by atoms with van der Waals surface area (Å²) in [6, 6.07) is 8.03. The van der Waals surface area contributed by atoms with E-state index in [1.165, 1.54) is 19.3 Å². The molecule has 0 fully saturated rings. The van der Waals surface area contributed by atoms with E-state index in [4.69, 9.17) is 10.5 Å². The van der Waals surface area contributed by atoms with Crippen LogP contribution in [0.2, 0.25) is 0 Å². The Hall–Kier alpha value is -1.71. The number of nitrogens with two attached hydrogens (primary N) is 1. The van der Waals surface area contributed by atoms with Crippen molar-refractivity contribution in [1.29, 1.82) is 0 Å². The predicted octanol–water partition coefficient (Wildman–Crippen LogP) is 2.93. The Morgan fingerprint density at radius 2 is 2.21 bits per heavy atom. The maximum Gasteiger partial charge on any atom is 0.255 e. The largest absolute Gasteiger partial charge is 0.484 e. The van der Waals surface area contributed by atoms with Gasteiger partial charge in [0.1, 0.15) is 5.75 Å². The van der Waals surface area contributed by atoms with E-state index in [-0.39, 0.29) is 6.61 Å². The molecule has 0 aliphatic carbocycles. The van der Waals surface area contributed by atoms with E-state index in [1.54, 1.807) is 0 Å². The molecule has 1 amide bonds. The normalized spacial score (nSPS) is 11.9. The zero-order chi connectivity index (χ0) is 14.1. The molecule has 1 aromatic rings. The molecule has 1 atom stereocenters.